The monoisotopic (exact) mass is 451 g/mol. The minimum atomic E-state index is -4.04. The summed E-state index contributed by atoms with van der Waals surface area (Å²) in [4.78, 5) is 0. The van der Waals surface area contributed by atoms with Crippen LogP contribution in [0.4, 0.5) is 0 Å². The Morgan fingerprint density at radius 3 is 1.83 bits per heavy atom. The fraction of sp³-hybridized carbons (Fsp3) is 0.647. The SMILES string of the molecule is C.CC[N-]S(=O)(=O)CCn1cc[n+](C)c1.C[n+]1ccn(CCCCS(=O)(=O)[O-])c1. The molecule has 2 aromatic rings. The molecule has 2 rings (SSSR count). The number of rotatable bonds is 10. The van der Waals surface area contributed by atoms with Gasteiger partial charge in [0.15, 0.2) is 0 Å². The average molecular weight is 452 g/mol. The normalized spacial score (nSPS) is 11.4. The van der Waals surface area contributed by atoms with Crippen LogP contribution in [0.25, 0.3) is 4.72 Å². The van der Waals surface area contributed by atoms with E-state index in [0.717, 1.165) is 6.54 Å². The third-order valence-electron chi connectivity index (χ3n) is 3.64. The predicted octanol–water partition coefficient (Wildman–Crippen LogP) is 0.310. The van der Waals surface area contributed by atoms with E-state index in [9.17, 15) is 21.4 Å². The summed E-state index contributed by atoms with van der Waals surface area (Å²) in [5.41, 5.74) is 0. The zero-order chi connectivity index (χ0) is 21.2. The molecule has 0 saturated heterocycles. The topological polar surface area (TPSA) is 123 Å². The van der Waals surface area contributed by atoms with Crippen molar-refractivity contribution in [1.82, 2.24) is 9.13 Å². The van der Waals surface area contributed by atoms with Gasteiger partial charge in [0.2, 0.25) is 12.7 Å². The number of hydrogen-bond acceptors (Lipinski definition) is 5. The number of imidazole rings is 2. The molecule has 0 aromatic carbocycles. The van der Waals surface area contributed by atoms with Crippen LogP contribution in [0.15, 0.2) is 37.4 Å². The maximum absolute atomic E-state index is 11.2. The zero-order valence-electron chi connectivity index (χ0n) is 16.5. The first kappa shape index (κ1) is 27.2. The lowest BCUT2D eigenvalue weighted by Crippen LogP contribution is -2.24. The van der Waals surface area contributed by atoms with Gasteiger partial charge in [0.1, 0.15) is 31.3 Å². The Balaban J connectivity index is 0.000000523. The molecular weight excluding hydrogens is 418 g/mol. The van der Waals surface area contributed by atoms with Gasteiger partial charge in [-0.15, -0.1) is 6.54 Å². The van der Waals surface area contributed by atoms with Crippen LogP contribution in [0, 0.1) is 0 Å². The molecule has 0 spiro atoms. The minimum Gasteiger partial charge on any atom is -0.748 e. The highest BCUT2D eigenvalue weighted by atomic mass is 32.2. The number of hydrogen-bond donors (Lipinski definition) is 0. The molecule has 0 amide bonds. The van der Waals surface area contributed by atoms with Crippen LogP contribution in [-0.2, 0) is 47.3 Å². The molecule has 0 bridgehead atoms. The van der Waals surface area contributed by atoms with Crippen LogP contribution < -0.4 is 9.13 Å². The lowest BCUT2D eigenvalue weighted by atomic mass is 10.3. The molecule has 0 aliphatic rings. The average Bonchev–Trinajstić information content (AvgIpc) is 3.18. The number of nitrogens with zero attached hydrogens (tertiary/aromatic N) is 5. The Hall–Kier alpha value is -1.76. The van der Waals surface area contributed by atoms with Crippen molar-refractivity contribution in [2.75, 3.05) is 18.1 Å². The first-order valence-corrected chi connectivity index (χ1v) is 12.1. The minimum absolute atomic E-state index is 0. The van der Waals surface area contributed by atoms with Crippen molar-refractivity contribution in [3.63, 3.8) is 0 Å². The van der Waals surface area contributed by atoms with Gasteiger partial charge < -0.3 is 9.27 Å². The molecule has 0 atom stereocenters. The Bertz CT molecular complexity index is 920. The first-order valence-electron chi connectivity index (χ1n) is 8.88. The third-order valence-corrected chi connectivity index (χ3v) is 5.78. The fourth-order valence-electron chi connectivity index (χ4n) is 2.32. The Morgan fingerprint density at radius 2 is 1.41 bits per heavy atom. The van der Waals surface area contributed by atoms with Gasteiger partial charge in [0.25, 0.3) is 0 Å². The van der Waals surface area contributed by atoms with Crippen LogP contribution >= 0.6 is 0 Å². The van der Waals surface area contributed by atoms with E-state index < -0.39 is 20.1 Å². The van der Waals surface area contributed by atoms with Crippen molar-refractivity contribution in [3.8, 4) is 0 Å². The maximum Gasteiger partial charge on any atom is 0.243 e. The molecule has 168 valence electrons. The molecule has 0 aliphatic carbocycles. The Kier molecular flexibility index (Phi) is 12.0. The summed E-state index contributed by atoms with van der Waals surface area (Å²) in [7, 11) is -3.46. The highest BCUT2D eigenvalue weighted by Gasteiger charge is 2.04. The van der Waals surface area contributed by atoms with E-state index in [0.29, 0.717) is 25.9 Å². The predicted molar refractivity (Wildman–Crippen MR) is 109 cm³/mol. The van der Waals surface area contributed by atoms with Gasteiger partial charge in [-0.3, -0.25) is 0 Å². The first-order chi connectivity index (χ1) is 13.0. The van der Waals surface area contributed by atoms with Gasteiger partial charge >= 0.3 is 0 Å². The summed E-state index contributed by atoms with van der Waals surface area (Å²) < 4.78 is 64.4. The quantitative estimate of drug-likeness (QED) is 0.292. The molecule has 29 heavy (non-hydrogen) atoms. The summed E-state index contributed by atoms with van der Waals surface area (Å²) in [5.74, 6) is -0.198. The largest absolute Gasteiger partial charge is 0.748 e. The lowest BCUT2D eigenvalue weighted by molar-refractivity contribution is -0.671. The van der Waals surface area contributed by atoms with Gasteiger partial charge in [-0.1, -0.05) is 14.4 Å². The lowest BCUT2D eigenvalue weighted by Gasteiger charge is -2.15. The second-order valence-corrected chi connectivity index (χ2v) is 9.69. The van der Waals surface area contributed by atoms with Gasteiger partial charge in [-0.2, -0.15) is 0 Å². The van der Waals surface area contributed by atoms with E-state index in [1.54, 1.807) is 6.92 Å². The molecule has 10 nitrogen and oxygen atoms in total. The number of unbranched alkanes of at least 4 members (excludes halogenated alkanes) is 1. The highest BCUT2D eigenvalue weighted by molar-refractivity contribution is 7.93. The molecule has 2 heterocycles. The molecule has 0 aliphatic heterocycles. The van der Waals surface area contributed by atoms with Crippen molar-refractivity contribution >= 4 is 20.1 Å². The maximum atomic E-state index is 11.2. The van der Waals surface area contributed by atoms with Crippen molar-refractivity contribution in [3.05, 3.63) is 42.2 Å². The number of sulfonamides is 1. The van der Waals surface area contributed by atoms with Gasteiger partial charge in [0.05, 0.1) is 46.5 Å². The second kappa shape index (κ2) is 12.7. The van der Waals surface area contributed by atoms with Crippen LogP contribution in [0.1, 0.15) is 27.2 Å². The van der Waals surface area contributed by atoms with E-state index in [2.05, 4.69) is 4.72 Å². The van der Waals surface area contributed by atoms with Crippen LogP contribution in [0.5, 0.6) is 0 Å². The summed E-state index contributed by atoms with van der Waals surface area (Å²) in [6, 6.07) is 0. The van der Waals surface area contributed by atoms with Crippen molar-refractivity contribution in [1.29, 1.82) is 0 Å². The van der Waals surface area contributed by atoms with Crippen molar-refractivity contribution in [2.24, 2.45) is 14.1 Å². The van der Waals surface area contributed by atoms with Crippen LogP contribution in [0.2, 0.25) is 0 Å². The second-order valence-electron chi connectivity index (χ2n) is 6.33. The third kappa shape index (κ3) is 13.2. The van der Waals surface area contributed by atoms with Crippen LogP contribution in [-0.4, -0.2) is 48.6 Å². The molecule has 0 fully saturated rings. The zero-order valence-corrected chi connectivity index (χ0v) is 18.1. The van der Waals surface area contributed by atoms with Gasteiger partial charge in [-0.25, -0.2) is 35.1 Å². The number of aryl methyl sites for hydroxylation is 4. The Labute approximate surface area is 174 Å². The van der Waals surface area contributed by atoms with Crippen molar-refractivity contribution < 1.29 is 30.5 Å². The van der Waals surface area contributed by atoms with Gasteiger partial charge in [0, 0.05) is 5.75 Å². The molecule has 0 N–H and O–H groups in total. The van der Waals surface area contributed by atoms with E-state index in [1.165, 1.54) is 0 Å². The summed E-state index contributed by atoms with van der Waals surface area (Å²) in [5, 5.41) is 0. The number of aromatic nitrogens is 4. The summed E-state index contributed by atoms with van der Waals surface area (Å²) in [6.45, 7) is 3.23. The van der Waals surface area contributed by atoms with Crippen LogP contribution in [0.3, 0.4) is 0 Å². The summed E-state index contributed by atoms with van der Waals surface area (Å²) >= 11 is 0. The molecule has 12 heteroatoms. The van der Waals surface area contributed by atoms with Gasteiger partial charge in [-0.05, 0) is 12.8 Å². The molecule has 0 unspecified atom stereocenters. The smallest absolute Gasteiger partial charge is 0.243 e. The Morgan fingerprint density at radius 1 is 0.897 bits per heavy atom. The standard InChI is InChI=1S/C8H15N3O2S.C8H14N2O3S.CH4/c1-3-9-14(12,13)7-6-11-5-4-10(2)8-11;1-9-5-6-10(8-9)4-2-3-7-14(11,12)13;/h4-5,8H,3,6-7H2,1-2H3;5-6,8H,2-4,7H2,1H3;1H4. The summed E-state index contributed by atoms with van der Waals surface area (Å²) in [6.07, 6.45) is 12.4. The molecular formula is C17H33N5O5S2. The molecule has 0 radical (unpaired) electrons. The van der Waals surface area contributed by atoms with E-state index >= 15 is 0 Å². The van der Waals surface area contributed by atoms with E-state index in [4.69, 9.17) is 0 Å². The van der Waals surface area contributed by atoms with E-state index in [-0.39, 0.29) is 18.9 Å². The van der Waals surface area contributed by atoms with E-state index in [1.807, 2.05) is 69.8 Å². The van der Waals surface area contributed by atoms with Crippen molar-refractivity contribution in [2.45, 2.75) is 40.3 Å². The fourth-order valence-corrected chi connectivity index (χ4v) is 3.84. The molecule has 0 saturated carbocycles. The molecule has 2 aromatic heterocycles. The highest BCUT2D eigenvalue weighted by Crippen LogP contribution is 2.02.